The molecule has 0 aromatic heterocycles. The molecule has 1 heterocycles. The minimum atomic E-state index is -1.31. The topological polar surface area (TPSA) is 38.7 Å². The quantitative estimate of drug-likeness (QED) is 0.924. The molecular weight excluding hydrogens is 278 g/mol. The summed E-state index contributed by atoms with van der Waals surface area (Å²) < 4.78 is 38.6. The number of fused-ring (bicyclic) bond motifs is 1. The second-order valence-corrected chi connectivity index (χ2v) is 4.98. The van der Waals surface area contributed by atoms with Crippen molar-refractivity contribution in [1.29, 1.82) is 0 Å². The van der Waals surface area contributed by atoms with Crippen LogP contribution in [0.5, 0.6) is 11.5 Å². The lowest BCUT2D eigenvalue weighted by molar-refractivity contribution is -0.0129. The fourth-order valence-electron chi connectivity index (χ4n) is 2.28. The van der Waals surface area contributed by atoms with Crippen molar-refractivity contribution in [2.45, 2.75) is 19.1 Å². The maximum absolute atomic E-state index is 13.9. The first kappa shape index (κ1) is 13.8. The van der Waals surface area contributed by atoms with Gasteiger partial charge in [-0.1, -0.05) is 12.1 Å². The van der Waals surface area contributed by atoms with Gasteiger partial charge in [-0.2, -0.15) is 0 Å². The molecule has 3 rings (SSSR count). The number of rotatable bonds is 2. The van der Waals surface area contributed by atoms with Gasteiger partial charge in [0.2, 0.25) is 0 Å². The number of para-hydroxylation sites is 2. The zero-order valence-corrected chi connectivity index (χ0v) is 11.3. The summed E-state index contributed by atoms with van der Waals surface area (Å²) >= 11 is 0. The van der Waals surface area contributed by atoms with Crippen molar-refractivity contribution in [3.63, 3.8) is 0 Å². The molecule has 3 nitrogen and oxygen atoms in total. The first-order valence-corrected chi connectivity index (χ1v) is 6.58. The molecule has 0 bridgehead atoms. The predicted molar refractivity (Wildman–Crippen MR) is 72.4 cm³/mol. The van der Waals surface area contributed by atoms with E-state index in [0.717, 1.165) is 12.1 Å². The Labute approximate surface area is 120 Å². The molecule has 1 aliphatic heterocycles. The number of benzene rings is 2. The Morgan fingerprint density at radius 1 is 1.14 bits per heavy atom. The third kappa shape index (κ3) is 2.56. The van der Waals surface area contributed by atoms with Gasteiger partial charge in [-0.3, -0.25) is 0 Å². The van der Waals surface area contributed by atoms with E-state index in [2.05, 4.69) is 0 Å². The number of aliphatic hydroxyl groups is 1. The smallest absolute Gasteiger partial charge is 0.163 e. The summed E-state index contributed by atoms with van der Waals surface area (Å²) in [4.78, 5) is 0. The standard InChI is InChI=1S/C16H14F2O3/c1-9-6-12(18)10(7-11(9)17)16(19)15-8-20-13-4-2-3-5-14(13)21-15/h2-7,15-16,19H,8H2,1H3. The van der Waals surface area contributed by atoms with Crippen LogP contribution in [0.3, 0.4) is 0 Å². The van der Waals surface area contributed by atoms with Gasteiger partial charge < -0.3 is 14.6 Å². The van der Waals surface area contributed by atoms with Crippen molar-refractivity contribution < 1.29 is 23.4 Å². The number of halogens is 2. The zero-order chi connectivity index (χ0) is 15.0. The van der Waals surface area contributed by atoms with Gasteiger partial charge in [-0.25, -0.2) is 8.78 Å². The Morgan fingerprint density at radius 3 is 2.62 bits per heavy atom. The Balaban J connectivity index is 1.87. The van der Waals surface area contributed by atoms with Gasteiger partial charge in [0.05, 0.1) is 0 Å². The monoisotopic (exact) mass is 292 g/mol. The highest BCUT2D eigenvalue weighted by Crippen LogP contribution is 2.35. The van der Waals surface area contributed by atoms with Gasteiger partial charge >= 0.3 is 0 Å². The number of hydrogen-bond donors (Lipinski definition) is 1. The summed E-state index contributed by atoms with van der Waals surface area (Å²) in [5.74, 6) is -0.191. The van der Waals surface area contributed by atoms with E-state index in [0.29, 0.717) is 11.5 Å². The number of aliphatic hydroxyl groups excluding tert-OH is 1. The maximum Gasteiger partial charge on any atom is 0.163 e. The molecule has 0 aliphatic carbocycles. The van der Waals surface area contributed by atoms with Gasteiger partial charge in [0.25, 0.3) is 0 Å². The van der Waals surface area contributed by atoms with Gasteiger partial charge in [0, 0.05) is 5.56 Å². The minimum absolute atomic E-state index is 0.0626. The van der Waals surface area contributed by atoms with Crippen molar-refractivity contribution in [1.82, 2.24) is 0 Å². The van der Waals surface area contributed by atoms with E-state index in [-0.39, 0.29) is 17.7 Å². The van der Waals surface area contributed by atoms with Crippen LogP contribution in [0.25, 0.3) is 0 Å². The molecule has 0 spiro atoms. The van der Waals surface area contributed by atoms with Crippen LogP contribution in [0.2, 0.25) is 0 Å². The van der Waals surface area contributed by atoms with Gasteiger partial charge in [-0.05, 0) is 36.8 Å². The molecule has 0 fully saturated rings. The largest absolute Gasteiger partial charge is 0.486 e. The molecule has 2 unspecified atom stereocenters. The van der Waals surface area contributed by atoms with Crippen LogP contribution < -0.4 is 9.47 Å². The first-order chi connectivity index (χ1) is 10.1. The summed E-state index contributed by atoms with van der Waals surface area (Å²) in [6.45, 7) is 1.53. The van der Waals surface area contributed by atoms with Crippen LogP contribution >= 0.6 is 0 Å². The van der Waals surface area contributed by atoms with Gasteiger partial charge in [-0.15, -0.1) is 0 Å². The van der Waals surface area contributed by atoms with Crippen molar-refractivity contribution in [2.75, 3.05) is 6.61 Å². The Morgan fingerprint density at radius 2 is 1.86 bits per heavy atom. The van der Waals surface area contributed by atoms with Crippen molar-refractivity contribution in [2.24, 2.45) is 0 Å². The van der Waals surface area contributed by atoms with E-state index in [1.807, 2.05) is 0 Å². The molecule has 0 radical (unpaired) electrons. The lowest BCUT2D eigenvalue weighted by Crippen LogP contribution is -2.35. The zero-order valence-electron chi connectivity index (χ0n) is 11.3. The lowest BCUT2D eigenvalue weighted by Gasteiger charge is -2.30. The molecule has 5 heteroatoms. The van der Waals surface area contributed by atoms with Crippen LogP contribution in [0.4, 0.5) is 8.78 Å². The van der Waals surface area contributed by atoms with Crippen molar-refractivity contribution in [3.05, 3.63) is 59.2 Å². The molecule has 1 aliphatic rings. The SMILES string of the molecule is Cc1cc(F)c(C(O)C2COc3ccccc3O2)cc1F. The van der Waals surface area contributed by atoms with Gasteiger partial charge in [0.15, 0.2) is 17.6 Å². The second kappa shape index (κ2) is 5.33. The Kier molecular flexibility index (Phi) is 3.51. The number of hydrogen-bond acceptors (Lipinski definition) is 3. The second-order valence-electron chi connectivity index (χ2n) is 4.98. The summed E-state index contributed by atoms with van der Waals surface area (Å²) in [6, 6.07) is 9.06. The number of ether oxygens (including phenoxy) is 2. The predicted octanol–water partition coefficient (Wildman–Crippen LogP) is 3.15. The van der Waals surface area contributed by atoms with E-state index in [1.165, 1.54) is 6.92 Å². The average Bonchev–Trinajstić information content (AvgIpc) is 2.50. The molecule has 110 valence electrons. The molecule has 0 amide bonds. The Bertz CT molecular complexity index is 673. The highest BCUT2D eigenvalue weighted by atomic mass is 19.1. The molecule has 0 saturated carbocycles. The number of aryl methyl sites for hydroxylation is 1. The summed E-state index contributed by atoms with van der Waals surface area (Å²) in [6.07, 6.45) is -2.11. The summed E-state index contributed by atoms with van der Waals surface area (Å²) in [7, 11) is 0. The van der Waals surface area contributed by atoms with E-state index in [4.69, 9.17) is 9.47 Å². The summed E-state index contributed by atoms with van der Waals surface area (Å²) in [5, 5.41) is 10.3. The highest BCUT2D eigenvalue weighted by molar-refractivity contribution is 5.41. The lowest BCUT2D eigenvalue weighted by atomic mass is 10.0. The normalized spacial score (nSPS) is 18.4. The molecule has 2 atom stereocenters. The van der Waals surface area contributed by atoms with E-state index in [1.54, 1.807) is 24.3 Å². The molecule has 1 N–H and O–H groups in total. The average molecular weight is 292 g/mol. The van der Waals surface area contributed by atoms with E-state index in [9.17, 15) is 13.9 Å². The highest BCUT2D eigenvalue weighted by Gasteiger charge is 2.30. The Hall–Kier alpha value is -2.14. The third-order valence-electron chi connectivity index (χ3n) is 3.48. The van der Waals surface area contributed by atoms with Crippen LogP contribution in [0, 0.1) is 18.6 Å². The van der Waals surface area contributed by atoms with Gasteiger partial charge in [0.1, 0.15) is 24.3 Å². The molecule has 21 heavy (non-hydrogen) atoms. The van der Waals surface area contributed by atoms with Crippen LogP contribution in [0.15, 0.2) is 36.4 Å². The summed E-state index contributed by atoms with van der Waals surface area (Å²) in [5.41, 5.74) is 0.0562. The van der Waals surface area contributed by atoms with Crippen molar-refractivity contribution in [3.8, 4) is 11.5 Å². The molecule has 2 aromatic carbocycles. The van der Waals surface area contributed by atoms with Crippen LogP contribution in [-0.2, 0) is 0 Å². The molecule has 0 saturated heterocycles. The van der Waals surface area contributed by atoms with Crippen molar-refractivity contribution >= 4 is 0 Å². The van der Waals surface area contributed by atoms with E-state index >= 15 is 0 Å². The third-order valence-corrected chi connectivity index (χ3v) is 3.48. The molecular formula is C16H14F2O3. The first-order valence-electron chi connectivity index (χ1n) is 6.58. The maximum atomic E-state index is 13.9. The van der Waals surface area contributed by atoms with Crippen LogP contribution in [-0.4, -0.2) is 17.8 Å². The van der Waals surface area contributed by atoms with Crippen LogP contribution in [0.1, 0.15) is 17.2 Å². The molecule has 2 aromatic rings. The van der Waals surface area contributed by atoms with E-state index < -0.39 is 23.8 Å². The minimum Gasteiger partial charge on any atom is -0.486 e. The fourth-order valence-corrected chi connectivity index (χ4v) is 2.28. The fraction of sp³-hybridized carbons (Fsp3) is 0.250.